The van der Waals surface area contributed by atoms with Gasteiger partial charge in [-0.3, -0.25) is 4.68 Å². The monoisotopic (exact) mass is 236 g/mol. The van der Waals surface area contributed by atoms with Gasteiger partial charge in [-0.1, -0.05) is 0 Å². The van der Waals surface area contributed by atoms with Gasteiger partial charge in [0.15, 0.2) is 5.75 Å². The Kier molecular flexibility index (Phi) is 2.57. The second-order valence-electron chi connectivity index (χ2n) is 3.80. The van der Waals surface area contributed by atoms with E-state index in [1.807, 2.05) is 0 Å². The molecule has 1 fully saturated rings. The minimum atomic E-state index is -4.66. The van der Waals surface area contributed by atoms with Crippen molar-refractivity contribution in [3.8, 4) is 5.75 Å². The van der Waals surface area contributed by atoms with E-state index in [0.29, 0.717) is 0 Å². The Hall–Kier alpha value is -1.24. The van der Waals surface area contributed by atoms with Gasteiger partial charge in [-0.2, -0.15) is 18.3 Å². The SMILES string of the molecule is OCCn1nc(C(F)(F)F)c(O)c1C1CC1. The molecule has 90 valence electrons. The fourth-order valence-corrected chi connectivity index (χ4v) is 1.68. The zero-order valence-electron chi connectivity index (χ0n) is 8.33. The fraction of sp³-hybridized carbons (Fsp3) is 0.667. The summed E-state index contributed by atoms with van der Waals surface area (Å²) in [6.07, 6.45) is -3.15. The Bertz CT molecular complexity index is 396. The number of alkyl halides is 3. The highest BCUT2D eigenvalue weighted by Crippen LogP contribution is 2.47. The maximum atomic E-state index is 12.5. The minimum absolute atomic E-state index is 0.0323. The molecule has 0 amide bonds. The Labute approximate surface area is 89.3 Å². The molecule has 2 rings (SSSR count). The molecule has 0 unspecified atom stereocenters. The summed E-state index contributed by atoms with van der Waals surface area (Å²) >= 11 is 0. The third-order valence-corrected chi connectivity index (χ3v) is 2.51. The second-order valence-corrected chi connectivity index (χ2v) is 3.80. The third-order valence-electron chi connectivity index (χ3n) is 2.51. The van der Waals surface area contributed by atoms with Crippen molar-refractivity contribution in [2.75, 3.05) is 6.61 Å². The van der Waals surface area contributed by atoms with Crippen molar-refractivity contribution in [3.05, 3.63) is 11.4 Å². The van der Waals surface area contributed by atoms with E-state index in [9.17, 15) is 18.3 Å². The molecule has 1 saturated carbocycles. The van der Waals surface area contributed by atoms with Gasteiger partial charge in [0.25, 0.3) is 0 Å². The van der Waals surface area contributed by atoms with Crippen molar-refractivity contribution in [1.82, 2.24) is 9.78 Å². The molecule has 1 aliphatic rings. The Morgan fingerprint density at radius 3 is 2.44 bits per heavy atom. The molecule has 1 aliphatic carbocycles. The number of rotatable bonds is 3. The van der Waals surface area contributed by atoms with Crippen LogP contribution in [0.15, 0.2) is 0 Å². The first kappa shape index (κ1) is 11.3. The predicted molar refractivity (Wildman–Crippen MR) is 48.0 cm³/mol. The number of aliphatic hydroxyl groups excluding tert-OH is 1. The van der Waals surface area contributed by atoms with E-state index in [1.54, 1.807) is 0 Å². The average Bonchev–Trinajstić information content (AvgIpc) is 2.92. The van der Waals surface area contributed by atoms with Gasteiger partial charge >= 0.3 is 6.18 Å². The Morgan fingerprint density at radius 1 is 1.38 bits per heavy atom. The topological polar surface area (TPSA) is 58.3 Å². The molecule has 0 atom stereocenters. The number of hydrogen-bond donors (Lipinski definition) is 2. The summed E-state index contributed by atoms with van der Waals surface area (Å²) in [5.74, 6) is -0.849. The van der Waals surface area contributed by atoms with Crippen molar-refractivity contribution in [1.29, 1.82) is 0 Å². The lowest BCUT2D eigenvalue weighted by Crippen LogP contribution is -2.10. The third kappa shape index (κ3) is 1.87. The van der Waals surface area contributed by atoms with E-state index in [0.717, 1.165) is 17.5 Å². The van der Waals surface area contributed by atoms with Gasteiger partial charge < -0.3 is 10.2 Å². The van der Waals surface area contributed by atoms with Crippen LogP contribution in [0.5, 0.6) is 5.75 Å². The van der Waals surface area contributed by atoms with Crippen molar-refractivity contribution in [3.63, 3.8) is 0 Å². The van der Waals surface area contributed by atoms with Gasteiger partial charge in [-0.05, 0) is 12.8 Å². The maximum Gasteiger partial charge on any atom is 0.438 e. The number of aromatic nitrogens is 2. The van der Waals surface area contributed by atoms with Crippen LogP contribution in [-0.2, 0) is 12.7 Å². The van der Waals surface area contributed by atoms with Gasteiger partial charge in [0.1, 0.15) is 0 Å². The Balaban J connectivity index is 2.44. The van der Waals surface area contributed by atoms with Crippen LogP contribution >= 0.6 is 0 Å². The summed E-state index contributed by atoms with van der Waals surface area (Å²) in [5, 5.41) is 21.5. The van der Waals surface area contributed by atoms with Crippen LogP contribution in [0.4, 0.5) is 13.2 Å². The van der Waals surface area contributed by atoms with Gasteiger partial charge in [-0.25, -0.2) is 0 Å². The molecule has 1 aromatic rings. The molecule has 0 saturated heterocycles. The van der Waals surface area contributed by atoms with E-state index >= 15 is 0 Å². The van der Waals surface area contributed by atoms with E-state index in [1.165, 1.54) is 0 Å². The molecule has 0 spiro atoms. The van der Waals surface area contributed by atoms with Crippen LogP contribution in [-0.4, -0.2) is 26.6 Å². The Morgan fingerprint density at radius 2 is 2.00 bits per heavy atom. The van der Waals surface area contributed by atoms with Crippen molar-refractivity contribution in [2.24, 2.45) is 0 Å². The van der Waals surface area contributed by atoms with Crippen LogP contribution in [0.25, 0.3) is 0 Å². The van der Waals surface area contributed by atoms with E-state index in [4.69, 9.17) is 5.11 Å². The van der Waals surface area contributed by atoms with Crippen LogP contribution in [0, 0.1) is 0 Å². The van der Waals surface area contributed by atoms with Crippen LogP contribution in [0.3, 0.4) is 0 Å². The first-order valence-corrected chi connectivity index (χ1v) is 4.93. The van der Waals surface area contributed by atoms with Gasteiger partial charge in [0.05, 0.1) is 18.8 Å². The normalized spacial score (nSPS) is 16.8. The highest BCUT2D eigenvalue weighted by Gasteiger charge is 2.42. The first-order valence-electron chi connectivity index (χ1n) is 4.93. The predicted octanol–water partition coefficient (Wildman–Crippen LogP) is 1.48. The largest absolute Gasteiger partial charge is 0.504 e. The number of aromatic hydroxyl groups is 1. The van der Waals surface area contributed by atoms with Crippen LogP contribution in [0.1, 0.15) is 30.1 Å². The van der Waals surface area contributed by atoms with Crippen molar-refractivity contribution < 1.29 is 23.4 Å². The summed E-state index contributed by atoms with van der Waals surface area (Å²) in [4.78, 5) is 0. The fourth-order valence-electron chi connectivity index (χ4n) is 1.68. The molecule has 0 bridgehead atoms. The van der Waals surface area contributed by atoms with Crippen LogP contribution in [0.2, 0.25) is 0 Å². The summed E-state index contributed by atoms with van der Waals surface area (Å²) in [5.41, 5.74) is -1.07. The summed E-state index contributed by atoms with van der Waals surface area (Å²) in [6.45, 7) is -0.340. The quantitative estimate of drug-likeness (QED) is 0.835. The molecule has 0 aliphatic heterocycles. The molecule has 1 aromatic heterocycles. The van der Waals surface area contributed by atoms with E-state index in [-0.39, 0.29) is 24.8 Å². The molecule has 16 heavy (non-hydrogen) atoms. The lowest BCUT2D eigenvalue weighted by atomic mass is 10.2. The summed E-state index contributed by atoms with van der Waals surface area (Å²) in [7, 11) is 0. The van der Waals surface area contributed by atoms with Crippen molar-refractivity contribution >= 4 is 0 Å². The van der Waals surface area contributed by atoms with E-state index < -0.39 is 17.6 Å². The molecular formula is C9H11F3N2O2. The van der Waals surface area contributed by atoms with Gasteiger partial charge in [0.2, 0.25) is 5.69 Å². The zero-order valence-corrected chi connectivity index (χ0v) is 8.33. The summed E-state index contributed by atoms with van der Waals surface area (Å²) < 4.78 is 38.5. The molecule has 2 N–H and O–H groups in total. The molecule has 7 heteroatoms. The highest BCUT2D eigenvalue weighted by molar-refractivity contribution is 5.38. The summed E-state index contributed by atoms with van der Waals surface area (Å²) in [6, 6.07) is 0. The van der Waals surface area contributed by atoms with E-state index in [2.05, 4.69) is 5.10 Å². The van der Waals surface area contributed by atoms with Gasteiger partial charge in [0, 0.05) is 5.92 Å². The first-order chi connectivity index (χ1) is 7.45. The number of aliphatic hydroxyl groups is 1. The molecular weight excluding hydrogens is 225 g/mol. The van der Waals surface area contributed by atoms with Gasteiger partial charge in [-0.15, -0.1) is 0 Å². The average molecular weight is 236 g/mol. The lowest BCUT2D eigenvalue weighted by Gasteiger charge is -2.03. The number of nitrogens with zero attached hydrogens (tertiary/aromatic N) is 2. The number of halogens is 3. The zero-order chi connectivity index (χ0) is 11.9. The minimum Gasteiger partial charge on any atom is -0.504 e. The van der Waals surface area contributed by atoms with Crippen molar-refractivity contribution in [2.45, 2.75) is 31.5 Å². The molecule has 4 nitrogen and oxygen atoms in total. The van der Waals surface area contributed by atoms with Crippen LogP contribution < -0.4 is 0 Å². The second kappa shape index (κ2) is 3.65. The molecule has 0 aromatic carbocycles. The molecule has 1 heterocycles. The standard InChI is InChI=1S/C9H11F3N2O2/c10-9(11,12)8-7(16)6(5-1-2-5)14(13-8)3-4-15/h5,15-16H,1-4H2. The smallest absolute Gasteiger partial charge is 0.438 e. The lowest BCUT2D eigenvalue weighted by molar-refractivity contribution is -0.142. The highest BCUT2D eigenvalue weighted by atomic mass is 19.4. The maximum absolute atomic E-state index is 12.5. The number of hydrogen-bond acceptors (Lipinski definition) is 3. The molecule has 0 radical (unpaired) electrons.